The highest BCUT2D eigenvalue weighted by molar-refractivity contribution is 14.0. The summed E-state index contributed by atoms with van der Waals surface area (Å²) < 4.78 is 30.2. The average molecular weight is 442 g/mol. The smallest absolute Gasteiger partial charge is 0.209 e. The van der Waals surface area contributed by atoms with Crippen LogP contribution in [0.1, 0.15) is 13.8 Å². The van der Waals surface area contributed by atoms with E-state index < -0.39 is 15.6 Å². The van der Waals surface area contributed by atoms with E-state index in [1.165, 1.54) is 0 Å². The van der Waals surface area contributed by atoms with Gasteiger partial charge in [-0.15, -0.1) is 24.0 Å². The van der Waals surface area contributed by atoms with Crippen molar-refractivity contribution >= 4 is 45.6 Å². The number of sulfonamides is 1. The molecule has 0 amide bonds. The predicted octanol–water partition coefficient (Wildman–Crippen LogP) is 1.37. The summed E-state index contributed by atoms with van der Waals surface area (Å²) in [4.78, 5) is 4.15. The SMILES string of the molecule is COc1ccccc1NC(N)=NCC(C)(C)NS(C)(=O)=O.I. The zero-order valence-electron chi connectivity index (χ0n) is 13.1. The number of nitrogens with two attached hydrogens (primary N) is 1. The van der Waals surface area contributed by atoms with Crippen molar-refractivity contribution in [1.82, 2.24) is 4.72 Å². The fraction of sp³-hybridized carbons (Fsp3) is 0.462. The topological polar surface area (TPSA) is 106 Å². The molecule has 0 heterocycles. The minimum absolute atomic E-state index is 0. The molecule has 0 aliphatic carbocycles. The maximum absolute atomic E-state index is 11.2. The zero-order chi connectivity index (χ0) is 16.1. The van der Waals surface area contributed by atoms with Crippen molar-refractivity contribution in [3.63, 3.8) is 0 Å². The van der Waals surface area contributed by atoms with Gasteiger partial charge in [0.1, 0.15) is 5.75 Å². The molecule has 0 spiro atoms. The zero-order valence-corrected chi connectivity index (χ0v) is 16.2. The molecule has 126 valence electrons. The molecule has 0 aromatic heterocycles. The van der Waals surface area contributed by atoms with Gasteiger partial charge in [-0.3, -0.25) is 4.99 Å². The Morgan fingerprint density at radius 2 is 1.95 bits per heavy atom. The van der Waals surface area contributed by atoms with E-state index in [0.29, 0.717) is 11.4 Å². The number of nitrogens with one attached hydrogen (secondary N) is 2. The molecular formula is C13H23IN4O3S. The second kappa shape index (κ2) is 8.53. The maximum Gasteiger partial charge on any atom is 0.209 e. The molecule has 0 fully saturated rings. The first-order chi connectivity index (χ1) is 9.63. The molecule has 0 aliphatic rings. The van der Waals surface area contributed by atoms with Crippen LogP contribution in [-0.4, -0.2) is 39.8 Å². The summed E-state index contributed by atoms with van der Waals surface area (Å²) in [5.74, 6) is 0.826. The number of anilines is 1. The van der Waals surface area contributed by atoms with Gasteiger partial charge in [-0.05, 0) is 26.0 Å². The van der Waals surface area contributed by atoms with Crippen LogP contribution in [0.5, 0.6) is 5.75 Å². The highest BCUT2D eigenvalue weighted by Crippen LogP contribution is 2.22. The molecule has 0 radical (unpaired) electrons. The van der Waals surface area contributed by atoms with Gasteiger partial charge in [0.15, 0.2) is 5.96 Å². The van der Waals surface area contributed by atoms with Gasteiger partial charge < -0.3 is 15.8 Å². The number of methoxy groups -OCH3 is 1. The van der Waals surface area contributed by atoms with E-state index in [0.717, 1.165) is 6.26 Å². The number of guanidine groups is 1. The fourth-order valence-electron chi connectivity index (χ4n) is 1.74. The van der Waals surface area contributed by atoms with E-state index in [-0.39, 0.29) is 36.5 Å². The lowest BCUT2D eigenvalue weighted by Gasteiger charge is -2.23. The minimum Gasteiger partial charge on any atom is -0.495 e. The van der Waals surface area contributed by atoms with E-state index in [1.807, 2.05) is 12.1 Å². The number of benzene rings is 1. The molecule has 0 aliphatic heterocycles. The molecule has 0 saturated heterocycles. The number of para-hydroxylation sites is 2. The second-order valence-corrected chi connectivity index (χ2v) is 7.03. The highest BCUT2D eigenvalue weighted by Gasteiger charge is 2.21. The molecule has 0 saturated carbocycles. The molecular weight excluding hydrogens is 419 g/mol. The van der Waals surface area contributed by atoms with Crippen molar-refractivity contribution in [3.05, 3.63) is 24.3 Å². The lowest BCUT2D eigenvalue weighted by Crippen LogP contribution is -2.45. The van der Waals surface area contributed by atoms with Crippen LogP contribution in [0.3, 0.4) is 0 Å². The van der Waals surface area contributed by atoms with Crippen LogP contribution in [0.15, 0.2) is 29.3 Å². The molecule has 1 aromatic carbocycles. The van der Waals surface area contributed by atoms with Crippen molar-refractivity contribution in [1.29, 1.82) is 0 Å². The van der Waals surface area contributed by atoms with E-state index in [2.05, 4.69) is 15.0 Å². The molecule has 0 bridgehead atoms. The number of rotatable bonds is 6. The third kappa shape index (κ3) is 7.80. The Kier molecular flexibility index (Phi) is 8.12. The molecule has 1 rings (SSSR count). The molecule has 0 atom stereocenters. The predicted molar refractivity (Wildman–Crippen MR) is 101 cm³/mol. The largest absolute Gasteiger partial charge is 0.495 e. The molecule has 22 heavy (non-hydrogen) atoms. The summed E-state index contributed by atoms with van der Waals surface area (Å²) in [6.45, 7) is 3.66. The van der Waals surface area contributed by atoms with Gasteiger partial charge in [0.2, 0.25) is 10.0 Å². The third-order valence-corrected chi connectivity index (χ3v) is 3.40. The van der Waals surface area contributed by atoms with Gasteiger partial charge in [-0.1, -0.05) is 12.1 Å². The normalized spacial score (nSPS) is 12.5. The number of nitrogens with zero attached hydrogens (tertiary/aromatic N) is 1. The standard InChI is InChI=1S/C13H22N4O3S.HI/c1-13(2,17-21(4,18)19)9-15-12(14)16-10-7-5-6-8-11(10)20-3;/h5-8,17H,9H2,1-4H3,(H3,14,15,16);1H. The number of halogens is 1. The molecule has 9 heteroatoms. The number of hydrogen-bond acceptors (Lipinski definition) is 4. The summed E-state index contributed by atoms with van der Waals surface area (Å²) in [6.07, 6.45) is 1.11. The van der Waals surface area contributed by atoms with E-state index in [1.54, 1.807) is 33.1 Å². The van der Waals surface area contributed by atoms with Gasteiger partial charge in [0.25, 0.3) is 0 Å². The second-order valence-electron chi connectivity index (χ2n) is 5.28. The lowest BCUT2D eigenvalue weighted by molar-refractivity contribution is 0.417. The summed E-state index contributed by atoms with van der Waals surface area (Å²) in [7, 11) is -1.74. The van der Waals surface area contributed by atoms with Crippen molar-refractivity contribution in [2.45, 2.75) is 19.4 Å². The number of aliphatic imine (C=N–C) groups is 1. The first-order valence-electron chi connectivity index (χ1n) is 6.32. The first-order valence-corrected chi connectivity index (χ1v) is 8.21. The number of hydrogen-bond donors (Lipinski definition) is 3. The fourth-order valence-corrected chi connectivity index (χ4v) is 2.81. The molecule has 4 N–H and O–H groups in total. The van der Waals surface area contributed by atoms with E-state index >= 15 is 0 Å². The van der Waals surface area contributed by atoms with Crippen LogP contribution in [0.4, 0.5) is 5.69 Å². The molecule has 0 unspecified atom stereocenters. The summed E-state index contributed by atoms with van der Waals surface area (Å²) >= 11 is 0. The van der Waals surface area contributed by atoms with Crippen LogP contribution < -0.4 is 20.5 Å². The quantitative estimate of drug-likeness (QED) is 0.351. The Bertz CT molecular complexity index is 617. The van der Waals surface area contributed by atoms with Gasteiger partial charge in [-0.2, -0.15) is 0 Å². The van der Waals surface area contributed by atoms with Crippen molar-refractivity contribution in [2.24, 2.45) is 10.7 Å². The first kappa shape index (κ1) is 20.9. The minimum atomic E-state index is -3.30. The van der Waals surface area contributed by atoms with E-state index in [4.69, 9.17) is 10.5 Å². The van der Waals surface area contributed by atoms with Crippen LogP contribution in [0.25, 0.3) is 0 Å². The summed E-state index contributed by atoms with van der Waals surface area (Å²) in [5, 5.41) is 2.92. The number of ether oxygens (including phenoxy) is 1. The van der Waals surface area contributed by atoms with Crippen LogP contribution >= 0.6 is 24.0 Å². The van der Waals surface area contributed by atoms with Crippen molar-refractivity contribution < 1.29 is 13.2 Å². The Labute approximate surface area is 148 Å². The Morgan fingerprint density at radius 3 is 2.50 bits per heavy atom. The third-order valence-electron chi connectivity index (χ3n) is 2.48. The lowest BCUT2D eigenvalue weighted by atomic mass is 10.1. The van der Waals surface area contributed by atoms with E-state index in [9.17, 15) is 8.42 Å². The van der Waals surface area contributed by atoms with Crippen LogP contribution in [0.2, 0.25) is 0 Å². The van der Waals surface area contributed by atoms with Gasteiger partial charge >= 0.3 is 0 Å². The van der Waals surface area contributed by atoms with Crippen molar-refractivity contribution in [2.75, 3.05) is 25.2 Å². The van der Waals surface area contributed by atoms with Crippen LogP contribution in [-0.2, 0) is 10.0 Å². The summed E-state index contributed by atoms with van der Waals surface area (Å²) in [5.41, 5.74) is 5.77. The van der Waals surface area contributed by atoms with Crippen LogP contribution in [0, 0.1) is 0 Å². The monoisotopic (exact) mass is 442 g/mol. The summed E-state index contributed by atoms with van der Waals surface area (Å²) in [6, 6.07) is 7.29. The van der Waals surface area contributed by atoms with Crippen molar-refractivity contribution in [3.8, 4) is 5.75 Å². The van der Waals surface area contributed by atoms with Gasteiger partial charge in [0.05, 0.1) is 25.6 Å². The average Bonchev–Trinajstić information content (AvgIpc) is 2.34. The van der Waals surface area contributed by atoms with Gasteiger partial charge in [-0.25, -0.2) is 13.1 Å². The Balaban J connectivity index is 0.00000441. The maximum atomic E-state index is 11.2. The Morgan fingerprint density at radius 1 is 1.36 bits per heavy atom. The van der Waals surface area contributed by atoms with Gasteiger partial charge in [0, 0.05) is 5.54 Å². The Hall–Kier alpha value is -1.07. The molecule has 7 nitrogen and oxygen atoms in total. The highest BCUT2D eigenvalue weighted by atomic mass is 127. The molecule has 1 aromatic rings.